The van der Waals surface area contributed by atoms with Gasteiger partial charge < -0.3 is 20.4 Å². The molecule has 0 spiro atoms. The molecule has 260 valence electrons. The molecule has 3 aliphatic carbocycles. The minimum Gasteiger partial charge on any atom is -0.394 e. The highest BCUT2D eigenvalue weighted by Gasteiger charge is 2.57. The maximum absolute atomic E-state index is 14.2. The molecule has 4 N–H and O–H groups in total. The number of nitrogens with zero attached hydrogens (tertiary/aromatic N) is 1. The molecule has 0 unspecified atom stereocenters. The Morgan fingerprint density at radius 1 is 1.02 bits per heavy atom. The number of aliphatic hydroxyl groups is 4. The molecule has 4 aromatic rings. The molecule has 0 aliphatic heterocycles. The fourth-order valence-electron chi connectivity index (χ4n) is 8.47. The molecule has 6 nitrogen and oxygen atoms in total. The number of rotatable bonds is 9. The molecule has 3 aromatic carbocycles. The molecular weight excluding hydrogens is 631 g/mol. The monoisotopic (exact) mass is 681 g/mol. The van der Waals surface area contributed by atoms with Gasteiger partial charge in [0.25, 0.3) is 0 Å². The lowest BCUT2D eigenvalue weighted by atomic mass is 9.64. The smallest absolute Gasteiger partial charge is 0.203 e. The first-order chi connectivity index (χ1) is 23.5. The van der Waals surface area contributed by atoms with Gasteiger partial charge in [-0.15, -0.1) is 11.3 Å². The number of benzene rings is 3. The molecule has 1 fully saturated rings. The summed E-state index contributed by atoms with van der Waals surface area (Å²) >= 11 is 1.50. The number of aliphatic hydroxyl groups excluding tert-OH is 3. The van der Waals surface area contributed by atoms with E-state index in [4.69, 9.17) is 0 Å². The van der Waals surface area contributed by atoms with Crippen molar-refractivity contribution in [3.05, 3.63) is 116 Å². The molecule has 3 aliphatic rings. The number of allylic oxidation sites excluding steroid dienone is 2. The van der Waals surface area contributed by atoms with Crippen molar-refractivity contribution in [1.82, 2.24) is 4.90 Å². The van der Waals surface area contributed by atoms with Crippen LogP contribution < -0.4 is 0 Å². The van der Waals surface area contributed by atoms with Crippen LogP contribution in [0.25, 0.3) is 10.8 Å². The van der Waals surface area contributed by atoms with Crippen LogP contribution in [0.15, 0.2) is 84.4 Å². The first kappa shape index (κ1) is 35.6. The van der Waals surface area contributed by atoms with Crippen LogP contribution in [0.2, 0.25) is 0 Å². The van der Waals surface area contributed by atoms with E-state index in [1.54, 1.807) is 0 Å². The van der Waals surface area contributed by atoms with Gasteiger partial charge in [0.15, 0.2) is 0 Å². The van der Waals surface area contributed by atoms with Crippen molar-refractivity contribution in [1.29, 1.82) is 0 Å². The van der Waals surface area contributed by atoms with E-state index >= 15 is 0 Å². The summed E-state index contributed by atoms with van der Waals surface area (Å²) in [6, 6.07) is 24.5. The molecule has 1 heterocycles. The van der Waals surface area contributed by atoms with Crippen LogP contribution in [-0.2, 0) is 13.0 Å². The third-order valence-electron chi connectivity index (χ3n) is 11.3. The topological polar surface area (TPSA) is 101 Å². The minimum absolute atomic E-state index is 0.00582. The van der Waals surface area contributed by atoms with Gasteiger partial charge in [0.1, 0.15) is 0 Å². The second kappa shape index (κ2) is 15.0. The van der Waals surface area contributed by atoms with Crippen LogP contribution >= 0.6 is 11.3 Å². The maximum atomic E-state index is 14.2. The van der Waals surface area contributed by atoms with Gasteiger partial charge in [-0.1, -0.05) is 73.2 Å². The van der Waals surface area contributed by atoms with Crippen LogP contribution in [0, 0.1) is 12.3 Å². The predicted octanol–water partition coefficient (Wildman–Crippen LogP) is 7.33. The van der Waals surface area contributed by atoms with Gasteiger partial charge in [0.05, 0.1) is 29.3 Å². The zero-order chi connectivity index (χ0) is 34.8. The van der Waals surface area contributed by atoms with Crippen LogP contribution in [0.4, 0.5) is 0 Å². The normalized spacial score (nSPS) is 25.3. The van der Waals surface area contributed by atoms with E-state index in [9.17, 15) is 25.2 Å². The molecule has 7 heteroatoms. The van der Waals surface area contributed by atoms with Gasteiger partial charge in [-0.3, -0.25) is 9.69 Å². The summed E-state index contributed by atoms with van der Waals surface area (Å²) in [5.74, 6) is -0.0935. The Labute approximate surface area is 294 Å². The summed E-state index contributed by atoms with van der Waals surface area (Å²) in [5.41, 5.74) is 3.18. The van der Waals surface area contributed by atoms with Crippen LogP contribution in [0.5, 0.6) is 0 Å². The largest absolute Gasteiger partial charge is 0.394 e. The van der Waals surface area contributed by atoms with Gasteiger partial charge in [0, 0.05) is 35.5 Å². The van der Waals surface area contributed by atoms with Crippen molar-refractivity contribution in [2.24, 2.45) is 5.41 Å². The Bertz CT molecular complexity index is 1810. The van der Waals surface area contributed by atoms with Crippen molar-refractivity contribution in [3.63, 3.8) is 0 Å². The minimum atomic E-state index is -1.13. The molecular formula is C42H51NO5S. The average Bonchev–Trinajstić information content (AvgIpc) is 3.63. The average molecular weight is 682 g/mol. The number of hydrogen-bond acceptors (Lipinski definition) is 7. The van der Waals surface area contributed by atoms with E-state index in [0.717, 1.165) is 45.2 Å². The van der Waals surface area contributed by atoms with E-state index in [1.807, 2.05) is 43.3 Å². The summed E-state index contributed by atoms with van der Waals surface area (Å²) in [4.78, 5) is 18.1. The summed E-state index contributed by atoms with van der Waals surface area (Å²) < 4.78 is 0. The zero-order valence-corrected chi connectivity index (χ0v) is 29.9. The maximum Gasteiger partial charge on any atom is 0.203 e. The Hall–Kier alpha value is -3.17. The Morgan fingerprint density at radius 3 is 2.59 bits per heavy atom. The van der Waals surface area contributed by atoms with Gasteiger partial charge in [-0.2, -0.15) is 0 Å². The van der Waals surface area contributed by atoms with Crippen molar-refractivity contribution in [2.45, 2.75) is 96.0 Å². The van der Waals surface area contributed by atoms with Crippen molar-refractivity contribution < 1.29 is 25.2 Å². The summed E-state index contributed by atoms with van der Waals surface area (Å²) in [7, 11) is 0. The lowest BCUT2D eigenvalue weighted by Gasteiger charge is -2.46. The molecule has 0 saturated heterocycles. The molecule has 7 rings (SSSR count). The highest BCUT2D eigenvalue weighted by atomic mass is 32.1. The predicted molar refractivity (Wildman–Crippen MR) is 198 cm³/mol. The van der Waals surface area contributed by atoms with E-state index in [-0.39, 0.29) is 24.9 Å². The second-order valence-corrected chi connectivity index (χ2v) is 16.1. The van der Waals surface area contributed by atoms with E-state index in [1.165, 1.54) is 16.9 Å². The first-order valence-electron chi connectivity index (χ1n) is 17.8. The molecule has 0 radical (unpaired) electrons. The van der Waals surface area contributed by atoms with E-state index in [2.05, 4.69) is 61.2 Å². The Kier molecular flexibility index (Phi) is 10.9. The fourth-order valence-corrected chi connectivity index (χ4v) is 9.29. The lowest BCUT2D eigenvalue weighted by molar-refractivity contribution is -0.0907. The van der Waals surface area contributed by atoms with Crippen molar-refractivity contribution in [3.8, 4) is 0 Å². The summed E-state index contributed by atoms with van der Waals surface area (Å²) in [6.07, 6.45) is 5.49. The Morgan fingerprint density at radius 2 is 1.82 bits per heavy atom. The highest BCUT2D eigenvalue weighted by molar-refractivity contribution is 7.14. The molecule has 2 bridgehead atoms. The quantitative estimate of drug-likeness (QED) is 0.109. The van der Waals surface area contributed by atoms with Crippen molar-refractivity contribution >= 4 is 27.9 Å². The van der Waals surface area contributed by atoms with E-state index < -0.39 is 23.2 Å². The molecule has 1 saturated carbocycles. The summed E-state index contributed by atoms with van der Waals surface area (Å²) in [5, 5.41) is 46.8. The van der Waals surface area contributed by atoms with E-state index in [0.29, 0.717) is 55.6 Å². The molecule has 5 atom stereocenters. The van der Waals surface area contributed by atoms with Crippen LogP contribution in [0.3, 0.4) is 0 Å². The fraction of sp³-hybridized carbons (Fsp3) is 0.452. The van der Waals surface area contributed by atoms with Crippen LogP contribution in [-0.4, -0.2) is 68.6 Å². The summed E-state index contributed by atoms with van der Waals surface area (Å²) in [6.45, 7) is 7.02. The highest BCUT2D eigenvalue weighted by Crippen LogP contribution is 2.59. The molecule has 49 heavy (non-hydrogen) atoms. The number of carbonyl (C=O) groups excluding carboxylic acids is 1. The second-order valence-electron chi connectivity index (χ2n) is 14.8. The molecule has 0 amide bonds. The number of carbonyl (C=O) groups is 1. The number of hydrogen-bond donors (Lipinski definition) is 4. The molecule has 1 aromatic heterocycles. The number of aryl methyl sites for hydroxylation is 1. The lowest BCUT2D eigenvalue weighted by Crippen LogP contribution is -2.53. The zero-order valence-electron chi connectivity index (χ0n) is 29.1. The number of fused-ring (bicyclic) bond motifs is 9. The number of thiophene rings is 1. The third-order valence-corrected chi connectivity index (χ3v) is 12.3. The van der Waals surface area contributed by atoms with Gasteiger partial charge in [0.2, 0.25) is 5.78 Å². The van der Waals surface area contributed by atoms with Crippen LogP contribution in [0.1, 0.15) is 95.1 Å². The number of ketones is 1. The van der Waals surface area contributed by atoms with Gasteiger partial charge >= 0.3 is 0 Å². The SMILES string of the molecule is CC1=CCC[C@@]2(C)[C@@H](CC[C@@]2(O)CN(Cc2cccc3ccccc23)C[C@H](O)CO)c2ccc(cc2C(=O)c2ccc(C)s2)C[C@@H](O)CC1. The Balaban J connectivity index is 1.42. The first-order valence-corrected chi connectivity index (χ1v) is 18.6. The third kappa shape index (κ3) is 7.63. The van der Waals surface area contributed by atoms with Crippen molar-refractivity contribution in [2.75, 3.05) is 19.7 Å². The van der Waals surface area contributed by atoms with Gasteiger partial charge in [-0.25, -0.2) is 0 Å². The standard InChI is InChI=1S/C42H51NO5S/c1-28-8-7-20-41(3)38(36-17-15-30(22-33(45)16-13-28)23-37(36)40(47)39-18-14-29(2)49-39)19-21-42(41,48)27-43(25-34(46)26-44)24-32-11-6-10-31-9-4-5-12-35(31)32/h4-6,8-12,14-15,17-18,23,33-34,38,44-46,48H,7,13,16,19-22,24-27H2,1-3H3/t33-,34-,38-,41-,42+/m0/s1. The van der Waals surface area contributed by atoms with Gasteiger partial charge in [-0.05, 0) is 110 Å².